The molecular formula is C15H25N3O3. The predicted molar refractivity (Wildman–Crippen MR) is 78.1 cm³/mol. The highest BCUT2D eigenvalue weighted by Crippen LogP contribution is 2.36. The lowest BCUT2D eigenvalue weighted by molar-refractivity contribution is -0.156. The SMILES string of the molecule is CCC1C(=O)NC(=O)CN1C(=O)C1(CN)CCCCCC1. The first-order chi connectivity index (χ1) is 10.0. The molecule has 118 valence electrons. The third-order valence-corrected chi connectivity index (χ3v) is 4.81. The molecule has 0 bridgehead atoms. The number of nitrogens with one attached hydrogen (secondary N) is 1. The molecule has 0 aromatic carbocycles. The van der Waals surface area contributed by atoms with Gasteiger partial charge in [0.05, 0.1) is 5.41 Å². The number of piperazine rings is 1. The van der Waals surface area contributed by atoms with Gasteiger partial charge in [0.15, 0.2) is 0 Å². The second kappa shape index (κ2) is 6.56. The van der Waals surface area contributed by atoms with E-state index in [2.05, 4.69) is 5.32 Å². The number of nitrogens with zero attached hydrogens (tertiary/aromatic N) is 1. The van der Waals surface area contributed by atoms with Crippen molar-refractivity contribution in [1.29, 1.82) is 0 Å². The first-order valence-electron chi connectivity index (χ1n) is 7.89. The fourth-order valence-electron chi connectivity index (χ4n) is 3.50. The topological polar surface area (TPSA) is 92.5 Å². The van der Waals surface area contributed by atoms with Crippen molar-refractivity contribution in [1.82, 2.24) is 10.2 Å². The molecule has 2 fully saturated rings. The van der Waals surface area contributed by atoms with E-state index in [1.807, 2.05) is 6.92 Å². The summed E-state index contributed by atoms with van der Waals surface area (Å²) in [4.78, 5) is 38.1. The molecule has 0 radical (unpaired) electrons. The molecule has 1 saturated heterocycles. The standard InChI is InChI=1S/C15H25N3O3/c1-2-11-13(20)17-12(19)9-18(11)14(21)15(10-16)7-5-3-4-6-8-15/h11H,2-10,16H2,1H3,(H,17,19,20). The summed E-state index contributed by atoms with van der Waals surface area (Å²) in [5.41, 5.74) is 5.34. The summed E-state index contributed by atoms with van der Waals surface area (Å²) < 4.78 is 0. The lowest BCUT2D eigenvalue weighted by atomic mass is 9.78. The Morgan fingerprint density at radius 2 is 1.90 bits per heavy atom. The van der Waals surface area contributed by atoms with Gasteiger partial charge in [-0.25, -0.2) is 0 Å². The van der Waals surface area contributed by atoms with E-state index in [1.165, 1.54) is 4.90 Å². The molecule has 1 saturated carbocycles. The lowest BCUT2D eigenvalue weighted by Crippen LogP contribution is -2.63. The van der Waals surface area contributed by atoms with Gasteiger partial charge in [-0.2, -0.15) is 0 Å². The average molecular weight is 295 g/mol. The Morgan fingerprint density at radius 3 is 2.43 bits per heavy atom. The Kier molecular flexibility index (Phi) is 4.98. The van der Waals surface area contributed by atoms with Crippen molar-refractivity contribution in [2.45, 2.75) is 57.9 Å². The van der Waals surface area contributed by atoms with Gasteiger partial charge in [-0.05, 0) is 19.3 Å². The van der Waals surface area contributed by atoms with Crippen LogP contribution in [0.4, 0.5) is 0 Å². The van der Waals surface area contributed by atoms with E-state index in [0.717, 1.165) is 38.5 Å². The molecule has 0 aromatic heterocycles. The molecule has 6 heteroatoms. The minimum absolute atomic E-state index is 0.0369. The monoisotopic (exact) mass is 295 g/mol. The van der Waals surface area contributed by atoms with E-state index in [-0.39, 0.29) is 24.9 Å². The number of carbonyl (C=O) groups is 3. The van der Waals surface area contributed by atoms with Gasteiger partial charge < -0.3 is 10.6 Å². The molecule has 6 nitrogen and oxygen atoms in total. The first-order valence-corrected chi connectivity index (χ1v) is 7.89. The smallest absolute Gasteiger partial charge is 0.249 e. The molecule has 1 heterocycles. The minimum atomic E-state index is -0.595. The van der Waals surface area contributed by atoms with Crippen LogP contribution < -0.4 is 11.1 Å². The fourth-order valence-corrected chi connectivity index (χ4v) is 3.50. The number of hydrogen-bond acceptors (Lipinski definition) is 4. The van der Waals surface area contributed by atoms with Gasteiger partial charge in [-0.15, -0.1) is 0 Å². The third-order valence-electron chi connectivity index (χ3n) is 4.81. The highest BCUT2D eigenvalue weighted by molar-refractivity contribution is 6.04. The van der Waals surface area contributed by atoms with Crippen molar-refractivity contribution in [3.63, 3.8) is 0 Å². The van der Waals surface area contributed by atoms with Crippen LogP contribution in [0.3, 0.4) is 0 Å². The Morgan fingerprint density at radius 1 is 1.29 bits per heavy atom. The van der Waals surface area contributed by atoms with Gasteiger partial charge in [-0.3, -0.25) is 19.7 Å². The van der Waals surface area contributed by atoms with Gasteiger partial charge in [-0.1, -0.05) is 32.6 Å². The molecule has 1 atom stereocenters. The van der Waals surface area contributed by atoms with Crippen LogP contribution in [-0.2, 0) is 14.4 Å². The van der Waals surface area contributed by atoms with E-state index in [9.17, 15) is 14.4 Å². The lowest BCUT2D eigenvalue weighted by Gasteiger charge is -2.40. The summed E-state index contributed by atoms with van der Waals surface area (Å²) in [6, 6.07) is -0.554. The van der Waals surface area contributed by atoms with Crippen LogP contribution in [0.15, 0.2) is 0 Å². The number of rotatable bonds is 3. The van der Waals surface area contributed by atoms with E-state index in [0.29, 0.717) is 6.42 Å². The van der Waals surface area contributed by atoms with Crippen LogP contribution in [0.2, 0.25) is 0 Å². The normalized spacial score (nSPS) is 26.2. The predicted octanol–water partition coefficient (Wildman–Crippen LogP) is 0.549. The summed E-state index contributed by atoms with van der Waals surface area (Å²) >= 11 is 0. The molecule has 0 aromatic rings. The Labute approximate surface area is 125 Å². The number of carbonyl (C=O) groups excluding carboxylic acids is 3. The number of hydrogen-bond donors (Lipinski definition) is 2. The van der Waals surface area contributed by atoms with Gasteiger partial charge in [0, 0.05) is 6.54 Å². The number of imide groups is 1. The summed E-state index contributed by atoms with van der Waals surface area (Å²) in [5.74, 6) is -0.885. The van der Waals surface area contributed by atoms with Crippen LogP contribution in [0, 0.1) is 5.41 Å². The van der Waals surface area contributed by atoms with Crippen molar-refractivity contribution in [3.8, 4) is 0 Å². The molecule has 2 rings (SSSR count). The molecular weight excluding hydrogens is 270 g/mol. The maximum absolute atomic E-state index is 13.0. The zero-order chi connectivity index (χ0) is 15.5. The van der Waals surface area contributed by atoms with Crippen LogP contribution in [0.1, 0.15) is 51.9 Å². The van der Waals surface area contributed by atoms with Gasteiger partial charge >= 0.3 is 0 Å². The molecule has 3 amide bonds. The summed E-state index contributed by atoms with van der Waals surface area (Å²) in [6.07, 6.45) is 6.21. The molecule has 1 aliphatic carbocycles. The molecule has 0 spiro atoms. The van der Waals surface area contributed by atoms with Crippen molar-refractivity contribution >= 4 is 17.7 Å². The third kappa shape index (κ3) is 3.10. The second-order valence-electron chi connectivity index (χ2n) is 6.17. The quantitative estimate of drug-likeness (QED) is 0.587. The van der Waals surface area contributed by atoms with Crippen molar-refractivity contribution in [3.05, 3.63) is 0 Å². The maximum atomic E-state index is 13.0. The molecule has 2 aliphatic rings. The van der Waals surface area contributed by atoms with Crippen molar-refractivity contribution in [2.75, 3.05) is 13.1 Å². The van der Waals surface area contributed by atoms with E-state index in [4.69, 9.17) is 5.73 Å². The van der Waals surface area contributed by atoms with Crippen molar-refractivity contribution < 1.29 is 14.4 Å². The van der Waals surface area contributed by atoms with Crippen LogP contribution >= 0.6 is 0 Å². The van der Waals surface area contributed by atoms with Crippen LogP contribution in [0.25, 0.3) is 0 Å². The summed E-state index contributed by atoms with van der Waals surface area (Å²) in [7, 11) is 0. The van der Waals surface area contributed by atoms with Crippen LogP contribution in [0.5, 0.6) is 0 Å². The Hall–Kier alpha value is -1.43. The van der Waals surface area contributed by atoms with Gasteiger partial charge in [0.1, 0.15) is 12.6 Å². The largest absolute Gasteiger partial charge is 0.329 e. The van der Waals surface area contributed by atoms with Crippen LogP contribution in [-0.4, -0.2) is 41.8 Å². The zero-order valence-corrected chi connectivity index (χ0v) is 12.7. The zero-order valence-electron chi connectivity index (χ0n) is 12.7. The first kappa shape index (κ1) is 15.9. The van der Waals surface area contributed by atoms with Crippen molar-refractivity contribution in [2.24, 2.45) is 11.1 Å². The van der Waals surface area contributed by atoms with E-state index < -0.39 is 17.4 Å². The highest BCUT2D eigenvalue weighted by Gasteiger charge is 2.45. The van der Waals surface area contributed by atoms with Gasteiger partial charge in [0.25, 0.3) is 0 Å². The molecule has 21 heavy (non-hydrogen) atoms. The Bertz CT molecular complexity index is 428. The highest BCUT2D eigenvalue weighted by atomic mass is 16.2. The average Bonchev–Trinajstić information content (AvgIpc) is 2.72. The van der Waals surface area contributed by atoms with E-state index in [1.54, 1.807) is 0 Å². The van der Waals surface area contributed by atoms with E-state index >= 15 is 0 Å². The Balaban J connectivity index is 2.25. The summed E-state index contributed by atoms with van der Waals surface area (Å²) in [6.45, 7) is 2.10. The molecule has 3 N–H and O–H groups in total. The summed E-state index contributed by atoms with van der Waals surface area (Å²) in [5, 5.41) is 2.31. The molecule has 1 aliphatic heterocycles. The maximum Gasteiger partial charge on any atom is 0.249 e. The number of amides is 3. The van der Waals surface area contributed by atoms with Gasteiger partial charge in [0.2, 0.25) is 17.7 Å². The second-order valence-corrected chi connectivity index (χ2v) is 6.17. The minimum Gasteiger partial charge on any atom is -0.329 e. The fraction of sp³-hybridized carbons (Fsp3) is 0.800. The molecule has 1 unspecified atom stereocenters. The number of nitrogens with two attached hydrogens (primary N) is 1.